The first-order chi connectivity index (χ1) is 11.9. The van der Waals surface area contributed by atoms with Crippen LogP contribution in [-0.4, -0.2) is 69.5 Å². The molecule has 7 heteroatoms. The van der Waals surface area contributed by atoms with Crippen LogP contribution in [0.25, 0.3) is 0 Å². The van der Waals surface area contributed by atoms with Gasteiger partial charge in [-0.2, -0.15) is 0 Å². The van der Waals surface area contributed by atoms with Crippen LogP contribution in [0.4, 0.5) is 0 Å². The fourth-order valence-electron chi connectivity index (χ4n) is 3.56. The van der Waals surface area contributed by atoms with Crippen LogP contribution < -0.4 is 0 Å². The lowest BCUT2D eigenvalue weighted by Crippen LogP contribution is -2.61. The normalized spacial score (nSPS) is 24.7. The maximum Gasteiger partial charge on any atom is 0.274 e. The van der Waals surface area contributed by atoms with E-state index in [4.69, 9.17) is 4.74 Å². The average molecular weight is 346 g/mol. The molecule has 1 spiro atoms. The lowest BCUT2D eigenvalue weighted by molar-refractivity contribution is -0.169. The minimum atomic E-state index is -0.924. The van der Waals surface area contributed by atoms with Crippen LogP contribution in [0.5, 0.6) is 0 Å². The van der Waals surface area contributed by atoms with Crippen LogP contribution in [0.15, 0.2) is 12.4 Å². The molecule has 2 fully saturated rings. The zero-order valence-electron chi connectivity index (χ0n) is 15.2. The molecule has 0 saturated carbocycles. The third-order valence-corrected chi connectivity index (χ3v) is 4.98. The topological polar surface area (TPSA) is 75.6 Å². The van der Waals surface area contributed by atoms with Crippen LogP contribution in [0.1, 0.15) is 49.3 Å². The second kappa shape index (κ2) is 7.07. The molecule has 1 aromatic rings. The number of carbonyl (C=O) groups excluding carboxylic acids is 2. The number of carbonyl (C=O) groups is 2. The molecule has 0 aromatic carbocycles. The first-order valence-electron chi connectivity index (χ1n) is 8.96. The van der Waals surface area contributed by atoms with E-state index in [-0.39, 0.29) is 24.4 Å². The molecule has 0 radical (unpaired) electrons. The molecule has 2 aliphatic rings. The van der Waals surface area contributed by atoms with Crippen LogP contribution in [0.2, 0.25) is 0 Å². The number of amides is 2. The monoisotopic (exact) mass is 346 g/mol. The summed E-state index contributed by atoms with van der Waals surface area (Å²) in [5, 5.41) is 0. The summed E-state index contributed by atoms with van der Waals surface area (Å²) in [6.07, 6.45) is 5.61. The van der Waals surface area contributed by atoms with Crippen molar-refractivity contribution >= 4 is 11.8 Å². The van der Waals surface area contributed by atoms with E-state index in [0.717, 1.165) is 25.1 Å². The van der Waals surface area contributed by atoms with Crippen molar-refractivity contribution in [1.29, 1.82) is 0 Å². The van der Waals surface area contributed by atoms with Crippen LogP contribution in [0.3, 0.4) is 0 Å². The maximum absolute atomic E-state index is 13.1. The molecule has 2 aliphatic heterocycles. The van der Waals surface area contributed by atoms with Gasteiger partial charge in [0.05, 0.1) is 25.0 Å². The number of aryl methyl sites for hydroxylation is 1. The van der Waals surface area contributed by atoms with Crippen molar-refractivity contribution < 1.29 is 14.3 Å². The Bertz CT molecular complexity index is 646. The molecule has 0 bridgehead atoms. The predicted octanol–water partition coefficient (Wildman–Crippen LogP) is 1.42. The van der Waals surface area contributed by atoms with E-state index in [1.165, 1.54) is 6.20 Å². The molecule has 3 rings (SSSR count). The second-order valence-electron chi connectivity index (χ2n) is 7.16. The fraction of sp³-hybridized carbons (Fsp3) is 0.667. The molecule has 0 N–H and O–H groups in total. The smallest absolute Gasteiger partial charge is 0.274 e. The molecule has 2 saturated heterocycles. The maximum atomic E-state index is 13.1. The molecule has 1 aromatic heterocycles. The lowest BCUT2D eigenvalue weighted by Gasteiger charge is -2.43. The van der Waals surface area contributed by atoms with E-state index in [2.05, 4.69) is 9.97 Å². The Balaban J connectivity index is 1.82. The van der Waals surface area contributed by atoms with E-state index >= 15 is 0 Å². The van der Waals surface area contributed by atoms with Gasteiger partial charge in [-0.1, -0.05) is 0 Å². The largest absolute Gasteiger partial charge is 0.361 e. The lowest BCUT2D eigenvalue weighted by atomic mass is 9.93. The van der Waals surface area contributed by atoms with Gasteiger partial charge in [0, 0.05) is 25.3 Å². The van der Waals surface area contributed by atoms with E-state index in [1.54, 1.807) is 11.1 Å². The molecule has 1 unspecified atom stereocenters. The van der Waals surface area contributed by atoms with Crippen LogP contribution >= 0.6 is 0 Å². The summed E-state index contributed by atoms with van der Waals surface area (Å²) in [5.74, 6) is -0.184. The summed E-state index contributed by atoms with van der Waals surface area (Å²) >= 11 is 0. The van der Waals surface area contributed by atoms with Gasteiger partial charge >= 0.3 is 0 Å². The Kier molecular flexibility index (Phi) is 5.03. The van der Waals surface area contributed by atoms with Gasteiger partial charge in [-0.15, -0.1) is 0 Å². The Morgan fingerprint density at radius 1 is 1.24 bits per heavy atom. The van der Waals surface area contributed by atoms with Crippen molar-refractivity contribution in [1.82, 2.24) is 19.8 Å². The Morgan fingerprint density at radius 3 is 2.72 bits per heavy atom. The highest BCUT2D eigenvalue weighted by Gasteiger charge is 2.48. The molecule has 136 valence electrons. The third kappa shape index (κ3) is 3.51. The molecular formula is C18H26N4O3. The fourth-order valence-corrected chi connectivity index (χ4v) is 3.56. The standard InChI is InChI=1S/C18H26N4O3/c1-13(2)22-7-5-4-6-18(17(22)24)12-21(8-9-25-18)16(23)15-11-19-14(3)10-20-15/h10-11,13H,4-9,12H2,1-3H3. The van der Waals surface area contributed by atoms with Crippen molar-refractivity contribution in [2.45, 2.75) is 51.7 Å². The van der Waals surface area contributed by atoms with Gasteiger partial charge in [0.15, 0.2) is 5.60 Å². The number of likely N-dealkylation sites (tertiary alicyclic amines) is 1. The minimum Gasteiger partial charge on any atom is -0.361 e. The SMILES string of the molecule is Cc1cnc(C(=O)N2CCOC3(CCCCN(C(C)C)C3=O)C2)cn1. The molecule has 2 amide bonds. The average Bonchev–Trinajstić information content (AvgIpc) is 2.75. The Morgan fingerprint density at radius 2 is 2.04 bits per heavy atom. The summed E-state index contributed by atoms with van der Waals surface area (Å²) in [4.78, 5) is 37.8. The first-order valence-corrected chi connectivity index (χ1v) is 8.96. The summed E-state index contributed by atoms with van der Waals surface area (Å²) in [5.41, 5.74) is 0.151. The van der Waals surface area contributed by atoms with Crippen molar-refractivity contribution in [2.75, 3.05) is 26.2 Å². The summed E-state index contributed by atoms with van der Waals surface area (Å²) in [7, 11) is 0. The minimum absolute atomic E-state index is 0.00694. The number of nitrogens with zero attached hydrogens (tertiary/aromatic N) is 4. The van der Waals surface area contributed by atoms with Crippen LogP contribution in [0, 0.1) is 6.92 Å². The highest BCUT2D eigenvalue weighted by molar-refractivity contribution is 5.93. The summed E-state index contributed by atoms with van der Waals surface area (Å²) < 4.78 is 5.99. The third-order valence-electron chi connectivity index (χ3n) is 4.98. The predicted molar refractivity (Wildman–Crippen MR) is 92.1 cm³/mol. The number of rotatable bonds is 2. The number of hydrogen-bond donors (Lipinski definition) is 0. The Labute approximate surface area is 148 Å². The van der Waals surface area contributed by atoms with E-state index in [0.29, 0.717) is 25.3 Å². The van der Waals surface area contributed by atoms with E-state index in [9.17, 15) is 9.59 Å². The number of ether oxygens (including phenoxy) is 1. The van der Waals surface area contributed by atoms with Crippen molar-refractivity contribution in [2.24, 2.45) is 0 Å². The Hall–Kier alpha value is -2.02. The van der Waals surface area contributed by atoms with Crippen molar-refractivity contribution in [3.63, 3.8) is 0 Å². The molecule has 1 atom stereocenters. The number of aromatic nitrogens is 2. The zero-order chi connectivity index (χ0) is 18.0. The van der Waals surface area contributed by atoms with Gasteiger partial charge in [-0.25, -0.2) is 4.98 Å². The molecule has 7 nitrogen and oxygen atoms in total. The van der Waals surface area contributed by atoms with Crippen molar-refractivity contribution in [3.8, 4) is 0 Å². The van der Waals surface area contributed by atoms with Gasteiger partial charge in [0.25, 0.3) is 11.8 Å². The molecular weight excluding hydrogens is 320 g/mol. The number of hydrogen-bond acceptors (Lipinski definition) is 5. The van der Waals surface area contributed by atoms with Gasteiger partial charge in [0.1, 0.15) is 5.69 Å². The molecule has 0 aliphatic carbocycles. The number of morpholine rings is 1. The zero-order valence-corrected chi connectivity index (χ0v) is 15.2. The van der Waals surface area contributed by atoms with Gasteiger partial charge in [-0.3, -0.25) is 14.6 Å². The summed E-state index contributed by atoms with van der Waals surface area (Å²) in [6.45, 7) is 7.72. The molecule has 25 heavy (non-hydrogen) atoms. The highest BCUT2D eigenvalue weighted by Crippen LogP contribution is 2.31. The van der Waals surface area contributed by atoms with Crippen LogP contribution in [-0.2, 0) is 9.53 Å². The van der Waals surface area contributed by atoms with Gasteiger partial charge < -0.3 is 14.5 Å². The molecule has 3 heterocycles. The van der Waals surface area contributed by atoms with E-state index in [1.807, 2.05) is 25.7 Å². The second-order valence-corrected chi connectivity index (χ2v) is 7.16. The summed E-state index contributed by atoms with van der Waals surface area (Å²) in [6, 6.07) is 0.125. The van der Waals surface area contributed by atoms with Crippen molar-refractivity contribution in [3.05, 3.63) is 23.8 Å². The van der Waals surface area contributed by atoms with Gasteiger partial charge in [0.2, 0.25) is 0 Å². The first kappa shape index (κ1) is 17.8. The highest BCUT2D eigenvalue weighted by atomic mass is 16.5. The van der Waals surface area contributed by atoms with E-state index < -0.39 is 5.60 Å². The quantitative estimate of drug-likeness (QED) is 0.809. The van der Waals surface area contributed by atoms with Gasteiger partial charge in [-0.05, 0) is 40.0 Å².